The van der Waals surface area contributed by atoms with Crippen molar-refractivity contribution in [3.8, 4) is 0 Å². The Kier molecular flexibility index (Phi) is 4.37. The van der Waals surface area contributed by atoms with Crippen LogP contribution >= 0.6 is 0 Å². The monoisotopic (exact) mass is 274 g/mol. The van der Waals surface area contributed by atoms with E-state index in [0.29, 0.717) is 25.2 Å². The van der Waals surface area contributed by atoms with Gasteiger partial charge in [0.2, 0.25) is 5.91 Å². The third kappa shape index (κ3) is 3.16. The summed E-state index contributed by atoms with van der Waals surface area (Å²) in [5, 5.41) is 5.47. The zero-order valence-corrected chi connectivity index (χ0v) is 11.1. The third-order valence-corrected chi connectivity index (χ3v) is 3.04. The summed E-state index contributed by atoms with van der Waals surface area (Å²) in [6, 6.07) is 6.38. The highest BCUT2D eigenvalue weighted by molar-refractivity contribution is 5.97. The van der Waals surface area contributed by atoms with Gasteiger partial charge in [-0.2, -0.15) is 0 Å². The Morgan fingerprint density at radius 3 is 3.05 bits per heavy atom. The topological polar surface area (TPSA) is 87.5 Å². The summed E-state index contributed by atoms with van der Waals surface area (Å²) in [5.41, 5.74) is 7.06. The van der Waals surface area contributed by atoms with Gasteiger partial charge in [0.05, 0.1) is 6.04 Å². The number of hydrogen-bond acceptors (Lipinski definition) is 3. The van der Waals surface area contributed by atoms with E-state index in [0.717, 1.165) is 5.69 Å². The highest BCUT2D eigenvalue weighted by Crippen LogP contribution is 2.21. The van der Waals surface area contributed by atoms with Crippen molar-refractivity contribution in [3.05, 3.63) is 36.9 Å². The van der Waals surface area contributed by atoms with Gasteiger partial charge in [-0.3, -0.25) is 9.69 Å². The number of anilines is 2. The van der Waals surface area contributed by atoms with Crippen LogP contribution in [0.15, 0.2) is 36.9 Å². The summed E-state index contributed by atoms with van der Waals surface area (Å²) < 4.78 is 0. The van der Waals surface area contributed by atoms with Gasteiger partial charge in [0, 0.05) is 24.5 Å². The lowest BCUT2D eigenvalue weighted by Gasteiger charge is -2.16. The maximum Gasteiger partial charge on any atom is 0.321 e. The molecule has 1 saturated heterocycles. The molecule has 1 aliphatic rings. The molecular formula is C14H18N4O2. The SMILES string of the molecule is C=CCC(N)C(=O)Nc1cccc(N2CCNC2=O)c1. The van der Waals surface area contributed by atoms with E-state index in [1.54, 1.807) is 29.2 Å². The molecule has 1 aliphatic heterocycles. The molecule has 3 amide bonds. The molecule has 0 aliphatic carbocycles. The van der Waals surface area contributed by atoms with Crippen LogP contribution in [-0.2, 0) is 4.79 Å². The number of carbonyl (C=O) groups is 2. The predicted octanol–water partition coefficient (Wildman–Crippen LogP) is 1.06. The molecule has 1 aromatic rings. The van der Waals surface area contributed by atoms with E-state index in [4.69, 9.17) is 5.73 Å². The Labute approximate surface area is 117 Å². The molecule has 6 heteroatoms. The second kappa shape index (κ2) is 6.21. The second-order valence-electron chi connectivity index (χ2n) is 4.55. The zero-order chi connectivity index (χ0) is 14.5. The van der Waals surface area contributed by atoms with E-state index in [-0.39, 0.29) is 11.9 Å². The summed E-state index contributed by atoms with van der Waals surface area (Å²) in [6.45, 7) is 4.80. The minimum Gasteiger partial charge on any atom is -0.336 e. The fraction of sp³-hybridized carbons (Fsp3) is 0.286. The van der Waals surface area contributed by atoms with Crippen LogP contribution in [0.3, 0.4) is 0 Å². The van der Waals surface area contributed by atoms with Crippen molar-refractivity contribution in [2.24, 2.45) is 5.73 Å². The van der Waals surface area contributed by atoms with Crippen LogP contribution in [0.4, 0.5) is 16.2 Å². The molecule has 1 heterocycles. The second-order valence-corrected chi connectivity index (χ2v) is 4.55. The van der Waals surface area contributed by atoms with Crippen molar-refractivity contribution in [3.63, 3.8) is 0 Å². The van der Waals surface area contributed by atoms with E-state index in [2.05, 4.69) is 17.2 Å². The molecule has 106 valence electrons. The number of nitrogens with two attached hydrogens (primary N) is 1. The number of urea groups is 1. The third-order valence-electron chi connectivity index (χ3n) is 3.04. The van der Waals surface area contributed by atoms with Gasteiger partial charge < -0.3 is 16.4 Å². The largest absolute Gasteiger partial charge is 0.336 e. The predicted molar refractivity (Wildman–Crippen MR) is 78.6 cm³/mol. The first-order chi connectivity index (χ1) is 9.61. The van der Waals surface area contributed by atoms with Crippen molar-refractivity contribution in [1.29, 1.82) is 0 Å². The van der Waals surface area contributed by atoms with E-state index in [1.807, 2.05) is 6.07 Å². The van der Waals surface area contributed by atoms with Gasteiger partial charge in [0.15, 0.2) is 0 Å². The Morgan fingerprint density at radius 1 is 1.60 bits per heavy atom. The zero-order valence-electron chi connectivity index (χ0n) is 11.1. The van der Waals surface area contributed by atoms with E-state index < -0.39 is 6.04 Å². The minimum atomic E-state index is -0.619. The van der Waals surface area contributed by atoms with Gasteiger partial charge in [-0.05, 0) is 24.6 Å². The van der Waals surface area contributed by atoms with Gasteiger partial charge in [0.25, 0.3) is 0 Å². The number of carbonyl (C=O) groups excluding carboxylic acids is 2. The van der Waals surface area contributed by atoms with Crippen LogP contribution in [0.1, 0.15) is 6.42 Å². The molecule has 1 unspecified atom stereocenters. The Bertz CT molecular complexity index is 530. The molecule has 0 bridgehead atoms. The van der Waals surface area contributed by atoms with Crippen molar-refractivity contribution in [2.45, 2.75) is 12.5 Å². The first-order valence-corrected chi connectivity index (χ1v) is 6.44. The molecule has 4 N–H and O–H groups in total. The van der Waals surface area contributed by atoms with Crippen molar-refractivity contribution in [2.75, 3.05) is 23.3 Å². The summed E-state index contributed by atoms with van der Waals surface area (Å²) in [6.07, 6.45) is 2.02. The van der Waals surface area contributed by atoms with E-state index in [1.165, 1.54) is 0 Å². The fourth-order valence-electron chi connectivity index (χ4n) is 1.99. The van der Waals surface area contributed by atoms with Crippen LogP contribution < -0.4 is 21.3 Å². The number of rotatable bonds is 5. The standard InChI is InChI=1S/C14H18N4O2/c1-2-4-12(15)13(19)17-10-5-3-6-11(9-10)18-8-7-16-14(18)20/h2-3,5-6,9,12H,1,4,7-8,15H2,(H,16,20)(H,17,19). The molecule has 0 radical (unpaired) electrons. The molecular weight excluding hydrogens is 256 g/mol. The van der Waals surface area contributed by atoms with Crippen LogP contribution in [0.5, 0.6) is 0 Å². The molecule has 20 heavy (non-hydrogen) atoms. The lowest BCUT2D eigenvalue weighted by molar-refractivity contribution is -0.117. The number of benzene rings is 1. The van der Waals surface area contributed by atoms with Crippen molar-refractivity contribution in [1.82, 2.24) is 5.32 Å². The van der Waals surface area contributed by atoms with Crippen LogP contribution in [0.25, 0.3) is 0 Å². The van der Waals surface area contributed by atoms with Crippen LogP contribution in [0.2, 0.25) is 0 Å². The van der Waals surface area contributed by atoms with E-state index >= 15 is 0 Å². The number of nitrogens with zero attached hydrogens (tertiary/aromatic N) is 1. The van der Waals surface area contributed by atoms with Gasteiger partial charge in [-0.25, -0.2) is 4.79 Å². The molecule has 6 nitrogen and oxygen atoms in total. The smallest absolute Gasteiger partial charge is 0.321 e. The molecule has 0 spiro atoms. The molecule has 1 fully saturated rings. The maximum atomic E-state index is 11.8. The summed E-state index contributed by atoms with van der Waals surface area (Å²) >= 11 is 0. The highest BCUT2D eigenvalue weighted by atomic mass is 16.2. The molecule has 2 rings (SSSR count). The lowest BCUT2D eigenvalue weighted by Crippen LogP contribution is -2.35. The Balaban J connectivity index is 2.08. The van der Waals surface area contributed by atoms with Crippen molar-refractivity contribution < 1.29 is 9.59 Å². The Morgan fingerprint density at radius 2 is 2.40 bits per heavy atom. The van der Waals surface area contributed by atoms with Gasteiger partial charge >= 0.3 is 6.03 Å². The normalized spacial score (nSPS) is 15.7. The first kappa shape index (κ1) is 14.1. The quantitative estimate of drug-likeness (QED) is 0.701. The fourth-order valence-corrected chi connectivity index (χ4v) is 1.99. The summed E-state index contributed by atoms with van der Waals surface area (Å²) in [4.78, 5) is 25.0. The van der Waals surface area contributed by atoms with Crippen molar-refractivity contribution >= 4 is 23.3 Å². The van der Waals surface area contributed by atoms with Gasteiger partial charge in [-0.15, -0.1) is 6.58 Å². The van der Waals surface area contributed by atoms with Crippen LogP contribution in [0, 0.1) is 0 Å². The lowest BCUT2D eigenvalue weighted by atomic mass is 10.2. The minimum absolute atomic E-state index is 0.128. The number of amides is 3. The first-order valence-electron chi connectivity index (χ1n) is 6.44. The Hall–Kier alpha value is -2.34. The van der Waals surface area contributed by atoms with Gasteiger partial charge in [-0.1, -0.05) is 12.1 Å². The maximum absolute atomic E-state index is 11.8. The average Bonchev–Trinajstić information content (AvgIpc) is 2.85. The molecule has 1 atom stereocenters. The van der Waals surface area contributed by atoms with E-state index in [9.17, 15) is 9.59 Å². The molecule has 0 saturated carbocycles. The average molecular weight is 274 g/mol. The number of hydrogen-bond donors (Lipinski definition) is 3. The van der Waals surface area contributed by atoms with Crippen LogP contribution in [-0.4, -0.2) is 31.1 Å². The highest BCUT2D eigenvalue weighted by Gasteiger charge is 2.21. The summed E-state index contributed by atoms with van der Waals surface area (Å²) in [5.74, 6) is -0.270. The number of nitrogens with one attached hydrogen (secondary N) is 2. The molecule has 1 aromatic carbocycles. The molecule has 0 aromatic heterocycles. The summed E-state index contributed by atoms with van der Waals surface area (Å²) in [7, 11) is 0. The van der Waals surface area contributed by atoms with Gasteiger partial charge in [0.1, 0.15) is 0 Å².